The van der Waals surface area contributed by atoms with Gasteiger partial charge in [-0.1, -0.05) is 23.7 Å². The summed E-state index contributed by atoms with van der Waals surface area (Å²) >= 11 is 5.95. The molecule has 0 saturated heterocycles. The van der Waals surface area contributed by atoms with Gasteiger partial charge in [-0.25, -0.2) is 4.39 Å². The summed E-state index contributed by atoms with van der Waals surface area (Å²) in [5.41, 5.74) is 6.86. The predicted octanol–water partition coefficient (Wildman–Crippen LogP) is 3.80. The highest BCUT2D eigenvalue weighted by Gasteiger charge is 2.04. The monoisotopic (exact) mass is 236 g/mol. The molecule has 0 aliphatic heterocycles. The van der Waals surface area contributed by atoms with Crippen LogP contribution in [0.1, 0.15) is 0 Å². The lowest BCUT2D eigenvalue weighted by Gasteiger charge is -2.09. The first-order valence-electron chi connectivity index (χ1n) is 4.73. The van der Waals surface area contributed by atoms with Crippen molar-refractivity contribution >= 4 is 28.7 Å². The van der Waals surface area contributed by atoms with Crippen molar-refractivity contribution in [2.24, 2.45) is 0 Å². The van der Waals surface area contributed by atoms with Gasteiger partial charge >= 0.3 is 0 Å². The average Bonchev–Trinajstić information content (AvgIpc) is 2.25. The zero-order valence-electron chi connectivity index (χ0n) is 8.37. The molecule has 2 rings (SSSR count). The van der Waals surface area contributed by atoms with Crippen molar-refractivity contribution in [2.45, 2.75) is 0 Å². The number of benzene rings is 2. The number of para-hydroxylation sites is 1. The second-order valence-electron chi connectivity index (χ2n) is 3.34. The van der Waals surface area contributed by atoms with Crippen LogP contribution in [0.5, 0.6) is 0 Å². The quantitative estimate of drug-likeness (QED) is 0.779. The Morgan fingerprint density at radius 2 is 1.81 bits per heavy atom. The molecule has 0 fully saturated rings. The van der Waals surface area contributed by atoms with Gasteiger partial charge < -0.3 is 11.1 Å². The topological polar surface area (TPSA) is 38.0 Å². The lowest BCUT2D eigenvalue weighted by Crippen LogP contribution is -1.95. The molecule has 0 aliphatic carbocycles. The largest absolute Gasteiger partial charge is 0.399 e. The summed E-state index contributed by atoms with van der Waals surface area (Å²) < 4.78 is 13.5. The summed E-state index contributed by atoms with van der Waals surface area (Å²) in [6.07, 6.45) is 0. The van der Waals surface area contributed by atoms with Crippen molar-refractivity contribution in [1.82, 2.24) is 0 Å². The van der Waals surface area contributed by atoms with Crippen LogP contribution in [0.4, 0.5) is 21.5 Å². The van der Waals surface area contributed by atoms with Crippen molar-refractivity contribution in [3.05, 3.63) is 53.3 Å². The Morgan fingerprint density at radius 3 is 2.50 bits per heavy atom. The maximum absolute atomic E-state index is 13.5. The van der Waals surface area contributed by atoms with E-state index in [1.165, 1.54) is 6.07 Å². The predicted molar refractivity (Wildman–Crippen MR) is 65.5 cm³/mol. The van der Waals surface area contributed by atoms with Gasteiger partial charge in [-0.3, -0.25) is 0 Å². The Morgan fingerprint density at radius 1 is 1.06 bits per heavy atom. The molecule has 0 spiro atoms. The van der Waals surface area contributed by atoms with Crippen molar-refractivity contribution in [3.63, 3.8) is 0 Å². The summed E-state index contributed by atoms with van der Waals surface area (Å²) in [5, 5.41) is 3.45. The summed E-state index contributed by atoms with van der Waals surface area (Å²) in [6.45, 7) is 0. The number of anilines is 3. The Kier molecular flexibility index (Phi) is 2.97. The Hall–Kier alpha value is -1.74. The van der Waals surface area contributed by atoms with Crippen molar-refractivity contribution in [3.8, 4) is 0 Å². The van der Waals surface area contributed by atoms with E-state index in [2.05, 4.69) is 5.32 Å². The zero-order valence-corrected chi connectivity index (χ0v) is 9.13. The zero-order chi connectivity index (χ0) is 11.5. The van der Waals surface area contributed by atoms with Gasteiger partial charge in [0.05, 0.1) is 16.4 Å². The van der Waals surface area contributed by atoms with Crippen LogP contribution in [0.2, 0.25) is 5.02 Å². The van der Waals surface area contributed by atoms with E-state index in [0.717, 1.165) is 0 Å². The molecule has 2 nitrogen and oxygen atoms in total. The summed E-state index contributed by atoms with van der Waals surface area (Å²) in [5.74, 6) is -0.403. The Balaban J connectivity index is 2.31. The first-order chi connectivity index (χ1) is 7.66. The highest BCUT2D eigenvalue weighted by Crippen LogP contribution is 2.26. The summed E-state index contributed by atoms with van der Waals surface area (Å²) in [7, 11) is 0. The number of nitrogen functional groups attached to an aromatic ring is 1. The molecule has 16 heavy (non-hydrogen) atoms. The van der Waals surface area contributed by atoms with Crippen LogP contribution in [-0.2, 0) is 0 Å². The van der Waals surface area contributed by atoms with Crippen molar-refractivity contribution in [1.29, 1.82) is 0 Å². The minimum atomic E-state index is -0.403. The molecule has 0 atom stereocenters. The fourth-order valence-corrected chi connectivity index (χ4v) is 1.52. The molecule has 0 unspecified atom stereocenters. The van der Waals surface area contributed by atoms with E-state index in [4.69, 9.17) is 17.3 Å². The fraction of sp³-hybridized carbons (Fsp3) is 0. The van der Waals surface area contributed by atoms with Crippen LogP contribution in [0.3, 0.4) is 0 Å². The van der Waals surface area contributed by atoms with E-state index < -0.39 is 5.82 Å². The molecule has 2 aromatic rings. The minimum Gasteiger partial charge on any atom is -0.399 e. The number of rotatable bonds is 2. The van der Waals surface area contributed by atoms with Crippen LogP contribution in [0.25, 0.3) is 0 Å². The highest BCUT2D eigenvalue weighted by molar-refractivity contribution is 6.33. The van der Waals surface area contributed by atoms with E-state index in [-0.39, 0.29) is 0 Å². The second kappa shape index (κ2) is 4.41. The minimum absolute atomic E-state index is 0.349. The van der Waals surface area contributed by atoms with Crippen molar-refractivity contribution in [2.75, 3.05) is 11.1 Å². The number of hydrogen-bond acceptors (Lipinski definition) is 2. The van der Waals surface area contributed by atoms with Gasteiger partial charge in [0.15, 0.2) is 0 Å². The average molecular weight is 237 g/mol. The molecule has 0 aromatic heterocycles. The first-order valence-corrected chi connectivity index (χ1v) is 5.11. The molecule has 4 heteroatoms. The van der Waals surface area contributed by atoms with Crippen LogP contribution < -0.4 is 11.1 Å². The van der Waals surface area contributed by atoms with Gasteiger partial charge in [0, 0.05) is 5.69 Å². The molecule has 0 bridgehead atoms. The maximum atomic E-state index is 13.5. The van der Waals surface area contributed by atoms with Gasteiger partial charge in [0.2, 0.25) is 0 Å². The van der Waals surface area contributed by atoms with Gasteiger partial charge in [-0.05, 0) is 30.3 Å². The van der Waals surface area contributed by atoms with Crippen molar-refractivity contribution < 1.29 is 4.39 Å². The van der Waals surface area contributed by atoms with E-state index in [9.17, 15) is 4.39 Å². The highest BCUT2D eigenvalue weighted by atomic mass is 35.5. The Labute approximate surface area is 97.8 Å². The SMILES string of the molecule is Nc1ccc(Nc2ccccc2Cl)c(F)c1. The van der Waals surface area contributed by atoms with Gasteiger partial charge in [-0.2, -0.15) is 0 Å². The van der Waals surface area contributed by atoms with Crippen LogP contribution in [0.15, 0.2) is 42.5 Å². The molecule has 2 aromatic carbocycles. The van der Waals surface area contributed by atoms with E-state index in [1.54, 1.807) is 24.3 Å². The molecule has 0 aliphatic rings. The number of nitrogens with two attached hydrogens (primary N) is 1. The van der Waals surface area contributed by atoms with E-state index >= 15 is 0 Å². The molecule has 0 amide bonds. The van der Waals surface area contributed by atoms with Gasteiger partial charge in [-0.15, -0.1) is 0 Å². The number of nitrogens with one attached hydrogen (secondary N) is 1. The Bertz CT molecular complexity index is 514. The standard InChI is InChI=1S/C12H10ClFN2/c13-9-3-1-2-4-11(9)16-12-6-5-8(15)7-10(12)14/h1-7,16H,15H2. The molecule has 0 saturated carbocycles. The third-order valence-electron chi connectivity index (χ3n) is 2.14. The molecular formula is C12H10ClFN2. The van der Waals surface area contributed by atoms with Crippen LogP contribution >= 0.6 is 11.6 Å². The van der Waals surface area contributed by atoms with Gasteiger partial charge in [0.1, 0.15) is 5.82 Å². The molecule has 0 heterocycles. The molecule has 0 radical (unpaired) electrons. The third-order valence-corrected chi connectivity index (χ3v) is 2.47. The number of halogens is 2. The second-order valence-corrected chi connectivity index (χ2v) is 3.75. The first kappa shape index (κ1) is 10.8. The summed E-state index contributed by atoms with van der Waals surface area (Å²) in [4.78, 5) is 0. The lowest BCUT2D eigenvalue weighted by molar-refractivity contribution is 0.632. The maximum Gasteiger partial charge on any atom is 0.148 e. The van der Waals surface area contributed by atoms with Crippen LogP contribution in [0, 0.1) is 5.82 Å². The summed E-state index contributed by atoms with van der Waals surface area (Å²) in [6, 6.07) is 11.6. The number of hydrogen-bond donors (Lipinski definition) is 2. The van der Waals surface area contributed by atoms with Gasteiger partial charge in [0.25, 0.3) is 0 Å². The fourth-order valence-electron chi connectivity index (χ4n) is 1.34. The lowest BCUT2D eigenvalue weighted by atomic mass is 10.2. The van der Waals surface area contributed by atoms with E-state index in [0.29, 0.717) is 22.1 Å². The van der Waals surface area contributed by atoms with Crippen LogP contribution in [-0.4, -0.2) is 0 Å². The smallest absolute Gasteiger partial charge is 0.148 e. The normalized spacial score (nSPS) is 10.1. The van der Waals surface area contributed by atoms with E-state index in [1.807, 2.05) is 12.1 Å². The molecular weight excluding hydrogens is 227 g/mol. The molecule has 3 N–H and O–H groups in total. The molecule has 82 valence electrons. The third kappa shape index (κ3) is 2.25.